The van der Waals surface area contributed by atoms with E-state index in [1.54, 1.807) is 14.5 Å². The minimum absolute atomic E-state index is 0.0328. The van der Waals surface area contributed by atoms with Crippen molar-refractivity contribution in [3.05, 3.63) is 52.1 Å². The van der Waals surface area contributed by atoms with Crippen molar-refractivity contribution in [3.8, 4) is 0 Å². The van der Waals surface area contributed by atoms with Gasteiger partial charge in [0.1, 0.15) is 12.4 Å². The molecule has 2 fully saturated rings. The van der Waals surface area contributed by atoms with Gasteiger partial charge in [-0.25, -0.2) is 4.39 Å². The van der Waals surface area contributed by atoms with Gasteiger partial charge in [0, 0.05) is 37.4 Å². The average Bonchev–Trinajstić information content (AvgIpc) is 3.46. The Kier molecular flexibility index (Phi) is 7.23. The van der Waals surface area contributed by atoms with E-state index in [4.69, 9.17) is 4.74 Å². The molecular formula is C27H32F4N4O3. The van der Waals surface area contributed by atoms with E-state index in [1.807, 2.05) is 13.8 Å². The molecule has 7 nitrogen and oxygen atoms in total. The van der Waals surface area contributed by atoms with Gasteiger partial charge in [0.05, 0.1) is 17.8 Å². The van der Waals surface area contributed by atoms with Crippen LogP contribution in [0.5, 0.6) is 0 Å². The number of likely N-dealkylation sites (tertiary alicyclic amines) is 1. The van der Waals surface area contributed by atoms with Gasteiger partial charge in [-0.2, -0.15) is 18.3 Å². The SMILES string of the molecule is C[C@@H]1CN(C(=O)c2nn(CC(=O)N3CCC(c4ccc(C(F)(F)F)c(F)c4)CC3)c3c2CCC3)C[C@H](C)O1. The zero-order valence-corrected chi connectivity index (χ0v) is 21.6. The molecule has 3 heterocycles. The minimum Gasteiger partial charge on any atom is -0.372 e. The molecule has 2 aliphatic heterocycles. The molecule has 3 aliphatic rings. The molecule has 0 N–H and O–H groups in total. The summed E-state index contributed by atoms with van der Waals surface area (Å²) in [6.45, 7) is 5.76. The monoisotopic (exact) mass is 536 g/mol. The van der Waals surface area contributed by atoms with Gasteiger partial charge in [-0.1, -0.05) is 6.07 Å². The molecule has 11 heteroatoms. The molecule has 0 radical (unpaired) electrons. The van der Waals surface area contributed by atoms with Crippen molar-refractivity contribution in [3.63, 3.8) is 0 Å². The number of ether oxygens (including phenoxy) is 1. The molecule has 2 atom stereocenters. The molecular weight excluding hydrogens is 504 g/mol. The van der Waals surface area contributed by atoms with Crippen molar-refractivity contribution >= 4 is 11.8 Å². The Morgan fingerprint density at radius 3 is 2.37 bits per heavy atom. The summed E-state index contributed by atoms with van der Waals surface area (Å²) in [6.07, 6.45) is -1.34. The van der Waals surface area contributed by atoms with Gasteiger partial charge in [-0.3, -0.25) is 14.3 Å². The number of morpholine rings is 1. The number of benzene rings is 1. The quantitative estimate of drug-likeness (QED) is 0.550. The number of rotatable bonds is 4. The van der Waals surface area contributed by atoms with Crippen LogP contribution < -0.4 is 0 Å². The second-order valence-corrected chi connectivity index (χ2v) is 10.6. The summed E-state index contributed by atoms with van der Waals surface area (Å²) in [7, 11) is 0. The molecule has 1 aromatic carbocycles. The van der Waals surface area contributed by atoms with Crippen LogP contribution in [0.2, 0.25) is 0 Å². The van der Waals surface area contributed by atoms with E-state index in [9.17, 15) is 27.2 Å². The zero-order chi connectivity index (χ0) is 27.2. The lowest BCUT2D eigenvalue weighted by Gasteiger charge is -2.35. The lowest BCUT2D eigenvalue weighted by atomic mass is 9.88. The lowest BCUT2D eigenvalue weighted by Crippen LogP contribution is -2.48. The van der Waals surface area contributed by atoms with Gasteiger partial charge in [0.25, 0.3) is 5.91 Å². The molecule has 206 valence electrons. The fourth-order valence-corrected chi connectivity index (χ4v) is 6.01. The van der Waals surface area contributed by atoms with E-state index in [2.05, 4.69) is 5.10 Å². The third-order valence-electron chi connectivity index (χ3n) is 7.82. The Labute approximate surface area is 218 Å². The Bertz CT molecular complexity index is 1210. The van der Waals surface area contributed by atoms with Crippen LogP contribution >= 0.6 is 0 Å². The average molecular weight is 537 g/mol. The van der Waals surface area contributed by atoms with Crippen molar-refractivity contribution in [2.45, 2.75) is 76.8 Å². The number of carbonyl (C=O) groups is 2. The predicted molar refractivity (Wildman–Crippen MR) is 130 cm³/mol. The minimum atomic E-state index is -4.73. The number of amides is 2. The van der Waals surface area contributed by atoms with Crippen molar-refractivity contribution in [1.82, 2.24) is 19.6 Å². The Hall–Kier alpha value is -2.95. The summed E-state index contributed by atoms with van der Waals surface area (Å²) in [5, 5.41) is 4.60. The fraction of sp³-hybridized carbons (Fsp3) is 0.593. The first-order valence-electron chi connectivity index (χ1n) is 13.2. The molecule has 38 heavy (non-hydrogen) atoms. The molecule has 0 bridgehead atoms. The van der Waals surface area contributed by atoms with Gasteiger partial charge in [0.15, 0.2) is 5.69 Å². The summed E-state index contributed by atoms with van der Waals surface area (Å²) in [5.41, 5.74) is 1.54. The summed E-state index contributed by atoms with van der Waals surface area (Å²) in [4.78, 5) is 30.0. The summed E-state index contributed by atoms with van der Waals surface area (Å²) < 4.78 is 60.1. The van der Waals surface area contributed by atoms with Crippen molar-refractivity contribution in [2.24, 2.45) is 0 Å². The lowest BCUT2D eigenvalue weighted by molar-refractivity contribution is -0.140. The molecule has 0 saturated carbocycles. The molecule has 0 spiro atoms. The molecule has 2 saturated heterocycles. The smallest absolute Gasteiger partial charge is 0.372 e. The number of halogens is 4. The van der Waals surface area contributed by atoms with Gasteiger partial charge >= 0.3 is 6.18 Å². The van der Waals surface area contributed by atoms with Crippen LogP contribution in [-0.2, 0) is 35.1 Å². The van der Waals surface area contributed by atoms with Gasteiger partial charge in [-0.05, 0) is 69.6 Å². The maximum absolute atomic E-state index is 14.0. The second-order valence-electron chi connectivity index (χ2n) is 10.6. The Balaban J connectivity index is 1.23. The standard InChI is InChI=1S/C27H32F4N4O3/c1-16-13-34(14-17(2)38-16)26(37)25-20-4-3-5-23(20)35(32-25)15-24(36)33-10-8-18(9-11-33)19-6-7-21(22(28)12-19)27(29,30)31/h6-7,12,16-18H,3-5,8-11,13-15H2,1-2H3/t16-,17+. The first-order chi connectivity index (χ1) is 18.0. The summed E-state index contributed by atoms with van der Waals surface area (Å²) in [6, 6.07) is 3.08. The molecule has 1 aliphatic carbocycles. The first-order valence-corrected chi connectivity index (χ1v) is 13.2. The molecule has 2 aromatic rings. The number of carbonyl (C=O) groups excluding carboxylic acids is 2. The van der Waals surface area contributed by atoms with Crippen LogP contribution in [-0.4, -0.2) is 69.8 Å². The largest absolute Gasteiger partial charge is 0.419 e. The maximum atomic E-state index is 14.0. The van der Waals surface area contributed by atoms with Gasteiger partial charge in [0.2, 0.25) is 5.91 Å². The van der Waals surface area contributed by atoms with Crippen LogP contribution in [0.25, 0.3) is 0 Å². The Morgan fingerprint density at radius 1 is 1.05 bits per heavy atom. The number of nitrogens with zero attached hydrogens (tertiary/aromatic N) is 4. The van der Waals surface area contributed by atoms with Crippen molar-refractivity contribution in [1.29, 1.82) is 0 Å². The predicted octanol–water partition coefficient (Wildman–Crippen LogP) is 4.19. The number of hydrogen-bond acceptors (Lipinski definition) is 4. The van der Waals surface area contributed by atoms with Gasteiger partial charge in [-0.15, -0.1) is 0 Å². The molecule has 2 amide bonds. The second kappa shape index (κ2) is 10.3. The third kappa shape index (κ3) is 5.30. The number of fused-ring (bicyclic) bond motifs is 1. The topological polar surface area (TPSA) is 67.7 Å². The van der Waals surface area contributed by atoms with Crippen LogP contribution in [0.15, 0.2) is 18.2 Å². The molecule has 5 rings (SSSR count). The highest BCUT2D eigenvalue weighted by Crippen LogP contribution is 2.35. The number of piperidine rings is 1. The molecule has 1 aromatic heterocycles. The van der Waals surface area contributed by atoms with Crippen LogP contribution in [0, 0.1) is 5.82 Å². The van der Waals surface area contributed by atoms with E-state index in [0.717, 1.165) is 42.7 Å². The van der Waals surface area contributed by atoms with E-state index >= 15 is 0 Å². The fourth-order valence-electron chi connectivity index (χ4n) is 6.01. The van der Waals surface area contributed by atoms with E-state index < -0.39 is 17.6 Å². The highest BCUT2D eigenvalue weighted by Gasteiger charge is 2.36. The van der Waals surface area contributed by atoms with E-state index in [-0.39, 0.29) is 36.5 Å². The first kappa shape index (κ1) is 26.6. The normalized spacial score (nSPS) is 22.6. The highest BCUT2D eigenvalue weighted by molar-refractivity contribution is 5.94. The Morgan fingerprint density at radius 2 is 1.74 bits per heavy atom. The highest BCUT2D eigenvalue weighted by atomic mass is 19.4. The molecule has 0 unspecified atom stereocenters. The van der Waals surface area contributed by atoms with Crippen molar-refractivity contribution < 1.29 is 31.9 Å². The maximum Gasteiger partial charge on any atom is 0.419 e. The van der Waals surface area contributed by atoms with Crippen LogP contribution in [0.4, 0.5) is 17.6 Å². The number of hydrogen-bond donors (Lipinski definition) is 0. The van der Waals surface area contributed by atoms with E-state index in [0.29, 0.717) is 50.3 Å². The zero-order valence-electron chi connectivity index (χ0n) is 21.6. The van der Waals surface area contributed by atoms with Crippen LogP contribution in [0.1, 0.15) is 71.9 Å². The summed E-state index contributed by atoms with van der Waals surface area (Å²) in [5.74, 6) is -1.63. The third-order valence-corrected chi connectivity index (χ3v) is 7.82. The van der Waals surface area contributed by atoms with Gasteiger partial charge < -0.3 is 14.5 Å². The van der Waals surface area contributed by atoms with E-state index in [1.165, 1.54) is 6.07 Å². The number of aromatic nitrogens is 2. The van der Waals surface area contributed by atoms with Crippen LogP contribution in [0.3, 0.4) is 0 Å². The van der Waals surface area contributed by atoms with Crippen molar-refractivity contribution in [2.75, 3.05) is 26.2 Å². The summed E-state index contributed by atoms with van der Waals surface area (Å²) >= 11 is 0. The number of alkyl halides is 3.